The Hall–Kier alpha value is -3.42. The third kappa shape index (κ3) is 2.69. The molecule has 116 valence electrons. The molecular formula is C15H13N5O3. The Morgan fingerprint density at radius 1 is 1.35 bits per heavy atom. The molecule has 8 heteroatoms. The zero-order valence-corrected chi connectivity index (χ0v) is 12.2. The lowest BCUT2D eigenvalue weighted by Crippen LogP contribution is -2.12. The number of nitrogens with one attached hydrogen (secondary N) is 1. The normalized spacial score (nSPS) is 10.5. The van der Waals surface area contributed by atoms with Gasteiger partial charge in [-0.1, -0.05) is 24.8 Å². The molecule has 2 N–H and O–H groups in total. The van der Waals surface area contributed by atoms with Crippen LogP contribution in [0.3, 0.4) is 0 Å². The summed E-state index contributed by atoms with van der Waals surface area (Å²) in [5.41, 5.74) is 1.51. The van der Waals surface area contributed by atoms with Crippen LogP contribution in [-0.2, 0) is 4.74 Å². The van der Waals surface area contributed by atoms with Crippen molar-refractivity contribution in [2.24, 2.45) is 0 Å². The molecule has 0 bridgehead atoms. The first-order valence-electron chi connectivity index (χ1n) is 6.64. The van der Waals surface area contributed by atoms with Crippen molar-refractivity contribution in [1.82, 2.24) is 19.7 Å². The Balaban J connectivity index is 2.24. The maximum Gasteiger partial charge on any atom is 0.410 e. The predicted molar refractivity (Wildman–Crippen MR) is 84.4 cm³/mol. The van der Waals surface area contributed by atoms with E-state index >= 15 is 0 Å². The van der Waals surface area contributed by atoms with E-state index in [4.69, 9.17) is 9.84 Å². The lowest BCUT2D eigenvalue weighted by Gasteiger charge is -2.06. The predicted octanol–water partition coefficient (Wildman–Crippen LogP) is 2.52. The zero-order chi connectivity index (χ0) is 16.4. The van der Waals surface area contributed by atoms with Gasteiger partial charge in [-0.3, -0.25) is 5.32 Å². The van der Waals surface area contributed by atoms with Crippen molar-refractivity contribution in [1.29, 1.82) is 0 Å². The number of para-hydroxylation sites is 1. The minimum atomic E-state index is -1.21. The molecule has 0 radical (unpaired) electrons. The van der Waals surface area contributed by atoms with Crippen LogP contribution in [0.25, 0.3) is 22.5 Å². The number of anilines is 1. The highest BCUT2D eigenvalue weighted by Crippen LogP contribution is 2.25. The molecule has 0 aliphatic carbocycles. The van der Waals surface area contributed by atoms with Gasteiger partial charge in [-0.25, -0.2) is 19.4 Å². The van der Waals surface area contributed by atoms with Crippen molar-refractivity contribution in [3.63, 3.8) is 0 Å². The van der Waals surface area contributed by atoms with Gasteiger partial charge in [0.15, 0.2) is 17.4 Å². The number of carboxylic acid groups (broad SMARTS) is 1. The smallest absolute Gasteiger partial charge is 0.410 e. The van der Waals surface area contributed by atoms with Gasteiger partial charge >= 0.3 is 6.09 Å². The molecule has 0 saturated heterocycles. The Labute approximate surface area is 131 Å². The van der Waals surface area contributed by atoms with E-state index in [1.165, 1.54) is 18.0 Å². The van der Waals surface area contributed by atoms with E-state index in [0.29, 0.717) is 16.7 Å². The topological polar surface area (TPSA) is 102 Å². The molecule has 3 aromatic rings. The van der Waals surface area contributed by atoms with Gasteiger partial charge in [-0.2, -0.15) is 5.10 Å². The molecule has 1 aromatic carbocycles. The number of methoxy groups -OCH3 is 1. The molecule has 0 fully saturated rings. The molecule has 0 aliphatic rings. The average molecular weight is 311 g/mol. The van der Waals surface area contributed by atoms with Crippen LogP contribution in [0.1, 0.15) is 5.82 Å². The van der Waals surface area contributed by atoms with Crippen LogP contribution >= 0.6 is 0 Å². The van der Waals surface area contributed by atoms with E-state index in [1.807, 2.05) is 18.2 Å². The van der Waals surface area contributed by atoms with Gasteiger partial charge in [0, 0.05) is 0 Å². The van der Waals surface area contributed by atoms with Gasteiger partial charge in [0.05, 0.1) is 19.0 Å². The average Bonchev–Trinajstić information content (AvgIpc) is 2.92. The van der Waals surface area contributed by atoms with E-state index in [0.717, 1.165) is 0 Å². The summed E-state index contributed by atoms with van der Waals surface area (Å²) in [7, 11) is 1.46. The third-order valence-electron chi connectivity index (χ3n) is 3.14. The van der Waals surface area contributed by atoms with Crippen LogP contribution in [0.15, 0.2) is 43.1 Å². The fourth-order valence-corrected chi connectivity index (χ4v) is 2.08. The summed E-state index contributed by atoms with van der Waals surface area (Å²) in [6.07, 6.45) is 0.281. The molecule has 2 heterocycles. The van der Waals surface area contributed by atoms with E-state index in [9.17, 15) is 4.79 Å². The fourth-order valence-electron chi connectivity index (χ4n) is 2.08. The minimum absolute atomic E-state index is 0.228. The summed E-state index contributed by atoms with van der Waals surface area (Å²) in [6, 6.07) is 9.13. The van der Waals surface area contributed by atoms with Crippen molar-refractivity contribution >= 4 is 28.7 Å². The van der Waals surface area contributed by atoms with E-state index in [-0.39, 0.29) is 17.4 Å². The third-order valence-corrected chi connectivity index (χ3v) is 3.14. The molecule has 23 heavy (non-hydrogen) atoms. The fraction of sp³-hybridized carbons (Fsp3) is 0.0667. The largest absolute Gasteiger partial charge is 0.493 e. The highest BCUT2D eigenvalue weighted by molar-refractivity contribution is 5.95. The van der Waals surface area contributed by atoms with Crippen LogP contribution in [0, 0.1) is 0 Å². The Morgan fingerprint density at radius 3 is 2.74 bits per heavy atom. The number of hydrogen-bond donors (Lipinski definition) is 2. The number of aromatic nitrogens is 4. The van der Waals surface area contributed by atoms with Crippen LogP contribution < -0.4 is 5.32 Å². The summed E-state index contributed by atoms with van der Waals surface area (Å²) in [5.74, 6) is 0.771. The van der Waals surface area contributed by atoms with Gasteiger partial charge in [0.2, 0.25) is 0 Å². The molecular weight excluding hydrogens is 298 g/mol. The lowest BCUT2D eigenvalue weighted by atomic mass is 10.3. The van der Waals surface area contributed by atoms with Crippen molar-refractivity contribution in [3.8, 4) is 5.69 Å². The first kappa shape index (κ1) is 14.5. The van der Waals surface area contributed by atoms with Crippen LogP contribution in [0.2, 0.25) is 0 Å². The van der Waals surface area contributed by atoms with Gasteiger partial charge in [0.1, 0.15) is 11.0 Å². The molecule has 3 rings (SSSR count). The number of hydrogen-bond acceptors (Lipinski definition) is 5. The van der Waals surface area contributed by atoms with Crippen LogP contribution in [-0.4, -0.2) is 38.1 Å². The van der Waals surface area contributed by atoms with Crippen molar-refractivity contribution in [3.05, 3.63) is 48.9 Å². The number of benzene rings is 1. The van der Waals surface area contributed by atoms with E-state index < -0.39 is 6.09 Å². The zero-order valence-electron chi connectivity index (χ0n) is 12.2. The highest BCUT2D eigenvalue weighted by atomic mass is 16.5. The number of rotatable bonds is 4. The highest BCUT2D eigenvalue weighted by Gasteiger charge is 2.18. The van der Waals surface area contributed by atoms with Crippen LogP contribution in [0.5, 0.6) is 0 Å². The standard InChI is InChI=1S/C15H13N5O3/c1-9(23-2)13-16-8-11-12(17-13)14(18-15(21)22)20(19-11)10-6-4-3-5-7-10/h3-8,18H,1H2,2H3,(H,21,22). The van der Waals surface area contributed by atoms with Crippen LogP contribution in [0.4, 0.5) is 10.6 Å². The molecule has 0 aliphatic heterocycles. The Bertz CT molecular complexity index is 889. The van der Waals surface area contributed by atoms with Gasteiger partial charge in [-0.05, 0) is 12.1 Å². The Kier molecular flexibility index (Phi) is 3.63. The number of ether oxygens (including phenoxy) is 1. The van der Waals surface area contributed by atoms with E-state index in [1.54, 1.807) is 12.1 Å². The van der Waals surface area contributed by atoms with E-state index in [2.05, 4.69) is 27.0 Å². The molecule has 1 amide bonds. The second-order valence-electron chi connectivity index (χ2n) is 4.58. The molecule has 0 atom stereocenters. The molecule has 0 saturated carbocycles. The maximum atomic E-state index is 11.1. The van der Waals surface area contributed by atoms with Crippen molar-refractivity contribution < 1.29 is 14.6 Å². The number of fused-ring (bicyclic) bond motifs is 1. The minimum Gasteiger partial charge on any atom is -0.493 e. The first-order chi connectivity index (χ1) is 11.1. The Morgan fingerprint density at radius 2 is 2.09 bits per heavy atom. The van der Waals surface area contributed by atoms with Gasteiger partial charge in [0.25, 0.3) is 0 Å². The summed E-state index contributed by atoms with van der Waals surface area (Å²) in [6.45, 7) is 3.69. The van der Waals surface area contributed by atoms with Gasteiger partial charge < -0.3 is 9.84 Å². The molecule has 0 unspecified atom stereocenters. The number of amides is 1. The quantitative estimate of drug-likeness (QED) is 0.718. The molecule has 0 spiro atoms. The second-order valence-corrected chi connectivity index (χ2v) is 4.58. The summed E-state index contributed by atoms with van der Waals surface area (Å²) in [5, 5.41) is 15.8. The summed E-state index contributed by atoms with van der Waals surface area (Å²) in [4.78, 5) is 19.5. The number of carbonyl (C=O) groups is 1. The van der Waals surface area contributed by atoms with Gasteiger partial charge in [-0.15, -0.1) is 0 Å². The van der Waals surface area contributed by atoms with Crippen molar-refractivity contribution in [2.75, 3.05) is 12.4 Å². The molecule has 8 nitrogen and oxygen atoms in total. The molecule has 2 aromatic heterocycles. The lowest BCUT2D eigenvalue weighted by molar-refractivity contribution is 0.209. The second kappa shape index (κ2) is 5.76. The monoisotopic (exact) mass is 311 g/mol. The SMILES string of the molecule is C=C(OC)c1ncc2nn(-c3ccccc3)c(NC(=O)O)c2n1. The maximum absolute atomic E-state index is 11.1. The summed E-state index contributed by atoms with van der Waals surface area (Å²) >= 11 is 0. The first-order valence-corrected chi connectivity index (χ1v) is 6.64. The summed E-state index contributed by atoms with van der Waals surface area (Å²) < 4.78 is 6.48. The van der Waals surface area contributed by atoms with Crippen molar-refractivity contribution in [2.45, 2.75) is 0 Å². The number of nitrogens with zero attached hydrogens (tertiary/aromatic N) is 4.